The van der Waals surface area contributed by atoms with Crippen LogP contribution in [0.25, 0.3) is 0 Å². The molecular weight excluding hydrogens is 165 g/mol. The van der Waals surface area contributed by atoms with E-state index in [2.05, 4.69) is 6.92 Å². The molecule has 0 radical (unpaired) electrons. The summed E-state index contributed by atoms with van der Waals surface area (Å²) in [6.45, 7) is 2.12. The first kappa shape index (κ1) is 8.70. The van der Waals surface area contributed by atoms with Gasteiger partial charge in [0.25, 0.3) is 0 Å². The third kappa shape index (κ3) is 1.59. The number of rotatable bonds is 2. The van der Waals surface area contributed by atoms with Gasteiger partial charge in [0.1, 0.15) is 5.82 Å². The lowest BCUT2D eigenvalue weighted by Crippen LogP contribution is -2.13. The van der Waals surface area contributed by atoms with Gasteiger partial charge >= 0.3 is 0 Å². The lowest BCUT2D eigenvalue weighted by atomic mass is 9.97. The molecule has 13 heavy (non-hydrogen) atoms. The second-order valence-corrected chi connectivity index (χ2v) is 4.23. The fourth-order valence-electron chi connectivity index (χ4n) is 1.72. The third-order valence-electron chi connectivity index (χ3n) is 2.97. The van der Waals surface area contributed by atoms with Gasteiger partial charge in [0.05, 0.1) is 0 Å². The van der Waals surface area contributed by atoms with E-state index in [1.54, 1.807) is 6.07 Å². The van der Waals surface area contributed by atoms with E-state index >= 15 is 0 Å². The van der Waals surface area contributed by atoms with E-state index in [4.69, 9.17) is 5.73 Å². The van der Waals surface area contributed by atoms with Gasteiger partial charge in [-0.2, -0.15) is 0 Å². The summed E-state index contributed by atoms with van der Waals surface area (Å²) < 4.78 is 13.2. The molecule has 1 aromatic carbocycles. The average molecular weight is 179 g/mol. The molecule has 0 heterocycles. The maximum atomic E-state index is 13.2. The highest BCUT2D eigenvalue weighted by molar-refractivity contribution is 5.22. The first-order valence-corrected chi connectivity index (χ1v) is 4.61. The van der Waals surface area contributed by atoms with Gasteiger partial charge in [0.2, 0.25) is 0 Å². The predicted molar refractivity (Wildman–Crippen MR) is 50.8 cm³/mol. The monoisotopic (exact) mass is 179 g/mol. The Morgan fingerprint density at radius 2 is 2.15 bits per heavy atom. The Morgan fingerprint density at radius 1 is 1.54 bits per heavy atom. The van der Waals surface area contributed by atoms with Crippen molar-refractivity contribution in [2.45, 2.75) is 25.8 Å². The van der Waals surface area contributed by atoms with Crippen LogP contribution in [-0.2, 0) is 6.42 Å². The molecule has 2 rings (SSSR count). The molecule has 0 aromatic heterocycles. The van der Waals surface area contributed by atoms with Crippen molar-refractivity contribution in [2.24, 2.45) is 11.1 Å². The van der Waals surface area contributed by atoms with Gasteiger partial charge < -0.3 is 5.73 Å². The highest BCUT2D eigenvalue weighted by atomic mass is 19.1. The Hall–Kier alpha value is -0.890. The van der Waals surface area contributed by atoms with Crippen LogP contribution in [-0.4, -0.2) is 6.04 Å². The smallest absolute Gasteiger partial charge is 0.126 e. The molecule has 2 unspecified atom stereocenters. The van der Waals surface area contributed by atoms with Crippen LogP contribution < -0.4 is 5.73 Å². The summed E-state index contributed by atoms with van der Waals surface area (Å²) in [5, 5.41) is 0. The van der Waals surface area contributed by atoms with Crippen molar-refractivity contribution in [1.82, 2.24) is 0 Å². The largest absolute Gasteiger partial charge is 0.327 e. The second-order valence-electron chi connectivity index (χ2n) is 4.23. The summed E-state index contributed by atoms with van der Waals surface area (Å²) in [7, 11) is 0. The maximum absolute atomic E-state index is 13.2. The Bertz CT molecular complexity index is 324. The molecule has 0 bridgehead atoms. The van der Waals surface area contributed by atoms with Crippen molar-refractivity contribution in [1.29, 1.82) is 0 Å². The number of nitrogens with two attached hydrogens (primary N) is 1. The Balaban J connectivity index is 2.15. The van der Waals surface area contributed by atoms with Crippen LogP contribution >= 0.6 is 0 Å². The summed E-state index contributed by atoms with van der Waals surface area (Å²) >= 11 is 0. The molecule has 2 atom stereocenters. The van der Waals surface area contributed by atoms with E-state index in [-0.39, 0.29) is 17.3 Å². The fraction of sp³-hybridized carbons (Fsp3) is 0.455. The average Bonchev–Trinajstić information content (AvgIpc) is 2.65. The summed E-state index contributed by atoms with van der Waals surface area (Å²) in [5.41, 5.74) is 6.71. The molecule has 1 aromatic rings. The van der Waals surface area contributed by atoms with Gasteiger partial charge in [0, 0.05) is 6.04 Å². The topological polar surface area (TPSA) is 26.0 Å². The molecule has 0 saturated heterocycles. The van der Waals surface area contributed by atoms with E-state index in [9.17, 15) is 4.39 Å². The third-order valence-corrected chi connectivity index (χ3v) is 2.97. The van der Waals surface area contributed by atoms with E-state index in [1.807, 2.05) is 12.1 Å². The Morgan fingerprint density at radius 3 is 2.69 bits per heavy atom. The van der Waals surface area contributed by atoms with Gasteiger partial charge in [-0.05, 0) is 29.9 Å². The first-order valence-electron chi connectivity index (χ1n) is 4.61. The lowest BCUT2D eigenvalue weighted by Gasteiger charge is -2.09. The van der Waals surface area contributed by atoms with Crippen molar-refractivity contribution in [2.75, 3.05) is 0 Å². The lowest BCUT2D eigenvalue weighted by molar-refractivity contribution is 0.517. The van der Waals surface area contributed by atoms with E-state index in [0.717, 1.165) is 18.4 Å². The normalized spacial score (nSPS) is 31.8. The van der Waals surface area contributed by atoms with Crippen molar-refractivity contribution in [3.8, 4) is 0 Å². The summed E-state index contributed by atoms with van der Waals surface area (Å²) in [6, 6.07) is 7.19. The molecule has 2 heteroatoms. The van der Waals surface area contributed by atoms with Crippen LogP contribution in [0.1, 0.15) is 18.9 Å². The van der Waals surface area contributed by atoms with Crippen LogP contribution in [0.15, 0.2) is 24.3 Å². The summed E-state index contributed by atoms with van der Waals surface area (Å²) in [5.74, 6) is -0.108. The van der Waals surface area contributed by atoms with Crippen LogP contribution in [0, 0.1) is 11.2 Å². The zero-order valence-corrected chi connectivity index (χ0v) is 7.76. The van der Waals surface area contributed by atoms with Crippen molar-refractivity contribution >= 4 is 0 Å². The summed E-state index contributed by atoms with van der Waals surface area (Å²) in [4.78, 5) is 0. The fourth-order valence-corrected chi connectivity index (χ4v) is 1.72. The molecule has 70 valence electrons. The number of hydrogen-bond acceptors (Lipinski definition) is 1. The molecular formula is C11H14FN. The second kappa shape index (κ2) is 2.81. The first-order chi connectivity index (χ1) is 6.12. The number of halogens is 1. The molecule has 1 fully saturated rings. The molecule has 0 aliphatic heterocycles. The van der Waals surface area contributed by atoms with E-state index in [0.29, 0.717) is 0 Å². The standard InChI is InChI=1S/C11H14FN/c1-11(7-10(11)13)6-8-4-2-3-5-9(8)12/h2-5,10H,6-7,13H2,1H3. The van der Waals surface area contributed by atoms with Crippen molar-refractivity contribution in [3.63, 3.8) is 0 Å². The SMILES string of the molecule is CC1(Cc2ccccc2F)CC1N. The molecule has 1 aliphatic carbocycles. The van der Waals surface area contributed by atoms with Gasteiger partial charge in [-0.15, -0.1) is 0 Å². The molecule has 1 saturated carbocycles. The molecule has 2 N–H and O–H groups in total. The molecule has 0 spiro atoms. The van der Waals surface area contributed by atoms with Crippen LogP contribution in [0.5, 0.6) is 0 Å². The predicted octanol–water partition coefficient (Wildman–Crippen LogP) is 2.11. The quantitative estimate of drug-likeness (QED) is 0.739. The van der Waals surface area contributed by atoms with Crippen LogP contribution in [0.4, 0.5) is 4.39 Å². The van der Waals surface area contributed by atoms with Gasteiger partial charge in [-0.3, -0.25) is 0 Å². The van der Waals surface area contributed by atoms with E-state index in [1.165, 1.54) is 6.07 Å². The van der Waals surface area contributed by atoms with Crippen LogP contribution in [0.2, 0.25) is 0 Å². The van der Waals surface area contributed by atoms with Crippen LogP contribution in [0.3, 0.4) is 0 Å². The van der Waals surface area contributed by atoms with Crippen molar-refractivity contribution in [3.05, 3.63) is 35.6 Å². The van der Waals surface area contributed by atoms with Gasteiger partial charge in [-0.1, -0.05) is 25.1 Å². The zero-order valence-electron chi connectivity index (χ0n) is 7.76. The highest BCUT2D eigenvalue weighted by Gasteiger charge is 2.47. The van der Waals surface area contributed by atoms with Gasteiger partial charge in [-0.25, -0.2) is 4.39 Å². The minimum absolute atomic E-state index is 0.108. The molecule has 1 nitrogen and oxygen atoms in total. The highest BCUT2D eigenvalue weighted by Crippen LogP contribution is 2.46. The van der Waals surface area contributed by atoms with E-state index < -0.39 is 0 Å². The number of benzene rings is 1. The van der Waals surface area contributed by atoms with Crippen molar-refractivity contribution < 1.29 is 4.39 Å². The maximum Gasteiger partial charge on any atom is 0.126 e. The zero-order chi connectivity index (χ0) is 9.47. The molecule has 0 amide bonds. The van der Waals surface area contributed by atoms with Gasteiger partial charge in [0.15, 0.2) is 0 Å². The Kier molecular flexibility index (Phi) is 1.88. The summed E-state index contributed by atoms with van der Waals surface area (Å²) in [6.07, 6.45) is 1.78. The minimum atomic E-state index is -0.108. The number of hydrogen-bond donors (Lipinski definition) is 1. The Labute approximate surface area is 77.8 Å². The minimum Gasteiger partial charge on any atom is -0.327 e. The molecule has 1 aliphatic rings.